The van der Waals surface area contributed by atoms with Crippen LogP contribution in [-0.4, -0.2) is 40.1 Å². The standard InChI is InChI=1S/C14H23N3O3S/c1-20-13-7-5-12(6-8-13)14(11-16-21(15,18)19)17-9-3-2-4-10-17/h5-8,14,16H,2-4,9-11H2,1H3,(H2,15,18,19)/t14-/m0/s1. The fourth-order valence-electron chi connectivity index (χ4n) is 2.71. The van der Waals surface area contributed by atoms with Gasteiger partial charge in [0.05, 0.1) is 7.11 Å². The third-order valence-corrected chi connectivity index (χ3v) is 4.38. The van der Waals surface area contributed by atoms with Crippen molar-refractivity contribution in [2.75, 3.05) is 26.7 Å². The highest BCUT2D eigenvalue weighted by atomic mass is 32.2. The highest BCUT2D eigenvalue weighted by Crippen LogP contribution is 2.25. The van der Waals surface area contributed by atoms with Crippen LogP contribution in [-0.2, 0) is 10.2 Å². The summed E-state index contributed by atoms with van der Waals surface area (Å²) in [5.74, 6) is 0.788. The first-order chi connectivity index (χ1) is 9.99. The average molecular weight is 313 g/mol. The first kappa shape index (κ1) is 16.2. The summed E-state index contributed by atoms with van der Waals surface area (Å²) in [7, 11) is -2.06. The van der Waals surface area contributed by atoms with E-state index in [9.17, 15) is 8.42 Å². The maximum Gasteiger partial charge on any atom is 0.274 e. The fourth-order valence-corrected chi connectivity index (χ4v) is 3.10. The van der Waals surface area contributed by atoms with Crippen molar-refractivity contribution in [1.29, 1.82) is 0 Å². The monoisotopic (exact) mass is 313 g/mol. The number of hydrogen-bond donors (Lipinski definition) is 2. The van der Waals surface area contributed by atoms with Gasteiger partial charge in [-0.15, -0.1) is 0 Å². The Morgan fingerprint density at radius 3 is 2.38 bits per heavy atom. The summed E-state index contributed by atoms with van der Waals surface area (Å²) in [6.07, 6.45) is 3.51. The van der Waals surface area contributed by atoms with E-state index in [1.165, 1.54) is 6.42 Å². The SMILES string of the molecule is COc1ccc([C@H](CNS(N)(=O)=O)N2CCCCC2)cc1. The van der Waals surface area contributed by atoms with Gasteiger partial charge in [-0.3, -0.25) is 4.90 Å². The Morgan fingerprint density at radius 2 is 1.86 bits per heavy atom. The molecule has 0 saturated carbocycles. The molecule has 1 aliphatic rings. The minimum absolute atomic E-state index is 0.00506. The van der Waals surface area contributed by atoms with Gasteiger partial charge in [0.1, 0.15) is 5.75 Å². The van der Waals surface area contributed by atoms with E-state index in [1.54, 1.807) is 7.11 Å². The lowest BCUT2D eigenvalue weighted by atomic mass is 10.0. The Morgan fingerprint density at radius 1 is 1.24 bits per heavy atom. The van der Waals surface area contributed by atoms with Crippen LogP contribution in [0.15, 0.2) is 24.3 Å². The van der Waals surface area contributed by atoms with Crippen molar-refractivity contribution in [2.45, 2.75) is 25.3 Å². The highest BCUT2D eigenvalue weighted by molar-refractivity contribution is 7.87. The number of likely N-dealkylation sites (tertiary alicyclic amines) is 1. The minimum Gasteiger partial charge on any atom is -0.497 e. The highest BCUT2D eigenvalue weighted by Gasteiger charge is 2.23. The normalized spacial score (nSPS) is 18.4. The lowest BCUT2D eigenvalue weighted by Crippen LogP contribution is -2.42. The zero-order valence-corrected chi connectivity index (χ0v) is 13.1. The second-order valence-electron chi connectivity index (χ2n) is 5.28. The third-order valence-electron chi connectivity index (χ3n) is 3.81. The lowest BCUT2D eigenvalue weighted by molar-refractivity contribution is 0.164. The summed E-state index contributed by atoms with van der Waals surface area (Å²) in [5, 5.41) is 5.06. The first-order valence-electron chi connectivity index (χ1n) is 7.15. The zero-order chi connectivity index (χ0) is 15.3. The Balaban J connectivity index is 2.16. The van der Waals surface area contributed by atoms with E-state index < -0.39 is 10.2 Å². The molecule has 1 aromatic rings. The molecular weight excluding hydrogens is 290 g/mol. The maximum absolute atomic E-state index is 11.2. The molecule has 0 aromatic heterocycles. The largest absolute Gasteiger partial charge is 0.497 e. The first-order valence-corrected chi connectivity index (χ1v) is 8.69. The molecule has 7 heteroatoms. The van der Waals surface area contributed by atoms with Crippen LogP contribution in [0.4, 0.5) is 0 Å². The Labute approximate surface area is 126 Å². The van der Waals surface area contributed by atoms with Crippen molar-refractivity contribution in [3.8, 4) is 5.75 Å². The molecule has 1 aromatic carbocycles. The summed E-state index contributed by atoms with van der Waals surface area (Å²) >= 11 is 0. The van der Waals surface area contributed by atoms with Crippen LogP contribution < -0.4 is 14.6 Å². The van der Waals surface area contributed by atoms with Crippen molar-refractivity contribution in [3.05, 3.63) is 29.8 Å². The van der Waals surface area contributed by atoms with E-state index in [0.717, 1.165) is 37.2 Å². The molecule has 0 aliphatic carbocycles. The molecule has 6 nitrogen and oxygen atoms in total. The second kappa shape index (κ2) is 7.22. The number of piperidine rings is 1. The quantitative estimate of drug-likeness (QED) is 0.821. The van der Waals surface area contributed by atoms with Gasteiger partial charge in [0, 0.05) is 12.6 Å². The topological polar surface area (TPSA) is 84.7 Å². The fraction of sp³-hybridized carbons (Fsp3) is 0.571. The maximum atomic E-state index is 11.2. The molecule has 1 fully saturated rings. The van der Waals surface area contributed by atoms with Gasteiger partial charge in [-0.05, 0) is 43.6 Å². The average Bonchev–Trinajstić information content (AvgIpc) is 2.48. The molecule has 0 unspecified atom stereocenters. The molecule has 1 atom stereocenters. The number of ether oxygens (including phenoxy) is 1. The molecule has 3 N–H and O–H groups in total. The van der Waals surface area contributed by atoms with Gasteiger partial charge >= 0.3 is 0 Å². The number of nitrogens with two attached hydrogens (primary N) is 1. The number of nitrogens with zero attached hydrogens (tertiary/aromatic N) is 1. The number of methoxy groups -OCH3 is 1. The summed E-state index contributed by atoms with van der Waals surface area (Å²) in [4.78, 5) is 2.31. The predicted octanol–water partition coefficient (Wildman–Crippen LogP) is 1.02. The molecular formula is C14H23N3O3S. The van der Waals surface area contributed by atoms with Crippen molar-refractivity contribution in [3.63, 3.8) is 0 Å². The molecule has 21 heavy (non-hydrogen) atoms. The van der Waals surface area contributed by atoms with E-state index in [0.29, 0.717) is 0 Å². The van der Waals surface area contributed by atoms with Gasteiger partial charge in [-0.25, -0.2) is 9.86 Å². The van der Waals surface area contributed by atoms with Crippen LogP contribution in [0.3, 0.4) is 0 Å². The smallest absolute Gasteiger partial charge is 0.274 e. The van der Waals surface area contributed by atoms with Gasteiger partial charge in [0.25, 0.3) is 10.2 Å². The second-order valence-corrected chi connectivity index (χ2v) is 6.66. The van der Waals surface area contributed by atoms with Crippen LogP contribution in [0, 0.1) is 0 Å². The molecule has 2 rings (SSSR count). The van der Waals surface area contributed by atoms with Gasteiger partial charge < -0.3 is 4.74 Å². The lowest BCUT2D eigenvalue weighted by Gasteiger charge is -2.34. The Hall–Kier alpha value is -1.15. The van der Waals surface area contributed by atoms with Gasteiger partial charge in [-0.1, -0.05) is 18.6 Å². The number of nitrogens with one attached hydrogen (secondary N) is 1. The van der Waals surface area contributed by atoms with Gasteiger partial charge in [0.15, 0.2) is 0 Å². The number of rotatable bonds is 6. The summed E-state index contributed by atoms with van der Waals surface area (Å²) in [6, 6.07) is 7.73. The molecule has 0 amide bonds. The van der Waals surface area contributed by atoms with Gasteiger partial charge in [0.2, 0.25) is 0 Å². The molecule has 1 heterocycles. The molecule has 1 aliphatic heterocycles. The number of benzene rings is 1. The number of hydrogen-bond acceptors (Lipinski definition) is 4. The van der Waals surface area contributed by atoms with Crippen molar-refractivity contribution in [1.82, 2.24) is 9.62 Å². The van der Waals surface area contributed by atoms with Crippen LogP contribution in [0.25, 0.3) is 0 Å². The summed E-state index contributed by atoms with van der Waals surface area (Å²) in [6.45, 7) is 2.23. The molecule has 0 spiro atoms. The molecule has 1 saturated heterocycles. The van der Waals surface area contributed by atoms with E-state index in [2.05, 4.69) is 9.62 Å². The molecule has 0 bridgehead atoms. The van der Waals surface area contributed by atoms with E-state index >= 15 is 0 Å². The minimum atomic E-state index is -3.68. The van der Waals surface area contributed by atoms with E-state index in [4.69, 9.17) is 9.88 Å². The van der Waals surface area contributed by atoms with Crippen LogP contribution in [0.2, 0.25) is 0 Å². The van der Waals surface area contributed by atoms with Crippen molar-refractivity contribution < 1.29 is 13.2 Å². The summed E-state index contributed by atoms with van der Waals surface area (Å²) in [5.41, 5.74) is 1.06. The molecule has 0 radical (unpaired) electrons. The van der Waals surface area contributed by atoms with Crippen molar-refractivity contribution in [2.24, 2.45) is 5.14 Å². The van der Waals surface area contributed by atoms with Crippen LogP contribution in [0.5, 0.6) is 5.75 Å². The third kappa shape index (κ3) is 4.96. The van der Waals surface area contributed by atoms with Crippen LogP contribution >= 0.6 is 0 Å². The zero-order valence-electron chi connectivity index (χ0n) is 12.3. The predicted molar refractivity (Wildman–Crippen MR) is 82.3 cm³/mol. The van der Waals surface area contributed by atoms with Crippen molar-refractivity contribution >= 4 is 10.2 Å². The summed E-state index contributed by atoms with van der Waals surface area (Å²) < 4.78 is 29.9. The Bertz CT molecular complexity index is 539. The van der Waals surface area contributed by atoms with Gasteiger partial charge in [-0.2, -0.15) is 8.42 Å². The Kier molecular flexibility index (Phi) is 5.58. The van der Waals surface area contributed by atoms with Crippen LogP contribution in [0.1, 0.15) is 30.9 Å². The molecule has 118 valence electrons. The van der Waals surface area contributed by atoms with E-state index in [1.807, 2.05) is 24.3 Å². The van der Waals surface area contributed by atoms with E-state index in [-0.39, 0.29) is 12.6 Å².